The summed E-state index contributed by atoms with van der Waals surface area (Å²) in [6.45, 7) is 4.01. The van der Waals surface area contributed by atoms with Gasteiger partial charge >= 0.3 is 12.1 Å². The number of carboxylic acids is 1. The molecule has 29 heavy (non-hydrogen) atoms. The first-order valence-corrected chi connectivity index (χ1v) is 9.52. The van der Waals surface area contributed by atoms with Crippen LogP contribution in [-0.2, 0) is 12.7 Å². The predicted molar refractivity (Wildman–Crippen MR) is 103 cm³/mol. The summed E-state index contributed by atoms with van der Waals surface area (Å²) < 4.78 is 40.3. The smallest absolute Gasteiger partial charge is 0.417 e. The second-order valence-electron chi connectivity index (χ2n) is 6.27. The van der Waals surface area contributed by atoms with E-state index in [-0.39, 0.29) is 15.6 Å². The fourth-order valence-corrected chi connectivity index (χ4v) is 3.83. The van der Waals surface area contributed by atoms with Crippen LogP contribution in [0, 0.1) is 13.8 Å². The third-order valence-corrected chi connectivity index (χ3v) is 5.67. The molecule has 0 radical (unpaired) electrons. The Bertz CT molecular complexity index is 1080. The van der Waals surface area contributed by atoms with E-state index in [0.717, 1.165) is 41.0 Å². The highest BCUT2D eigenvalue weighted by atomic mass is 35.5. The number of alkyl halides is 3. The summed E-state index contributed by atoms with van der Waals surface area (Å²) in [6.07, 6.45) is -3.79. The number of pyridine rings is 1. The molecule has 152 valence electrons. The first kappa shape index (κ1) is 21.2. The highest BCUT2D eigenvalue weighted by Crippen LogP contribution is 2.36. The minimum atomic E-state index is -4.53. The number of hydrogen-bond donors (Lipinski definition) is 1. The van der Waals surface area contributed by atoms with E-state index < -0.39 is 17.7 Å². The van der Waals surface area contributed by atoms with Gasteiger partial charge in [0.25, 0.3) is 0 Å². The van der Waals surface area contributed by atoms with Crippen molar-refractivity contribution in [1.82, 2.24) is 14.5 Å². The van der Waals surface area contributed by atoms with Gasteiger partial charge in [-0.1, -0.05) is 23.7 Å². The molecule has 0 aliphatic carbocycles. The Labute approximate surface area is 173 Å². The minimum absolute atomic E-state index is 0.123. The summed E-state index contributed by atoms with van der Waals surface area (Å²) in [5, 5.41) is 9.74. The third-order valence-electron chi connectivity index (χ3n) is 4.26. The lowest BCUT2D eigenvalue weighted by atomic mass is 10.1. The molecule has 0 aliphatic rings. The zero-order chi connectivity index (χ0) is 21.3. The van der Waals surface area contributed by atoms with Crippen LogP contribution in [0.1, 0.15) is 32.9 Å². The molecule has 0 saturated heterocycles. The van der Waals surface area contributed by atoms with E-state index in [4.69, 9.17) is 16.7 Å². The Morgan fingerprint density at radius 2 is 2.00 bits per heavy atom. The zero-order valence-electron chi connectivity index (χ0n) is 15.3. The average molecular weight is 442 g/mol. The first-order chi connectivity index (χ1) is 13.6. The van der Waals surface area contributed by atoms with E-state index >= 15 is 0 Å². The largest absolute Gasteiger partial charge is 0.478 e. The fourth-order valence-electron chi connectivity index (χ4n) is 2.61. The summed E-state index contributed by atoms with van der Waals surface area (Å²) in [6, 6.07) is 7.34. The molecule has 3 aromatic rings. The number of benzene rings is 1. The summed E-state index contributed by atoms with van der Waals surface area (Å²) in [5.41, 5.74) is 1.58. The van der Waals surface area contributed by atoms with Gasteiger partial charge in [-0.05, 0) is 49.4 Å². The van der Waals surface area contributed by atoms with Gasteiger partial charge in [0, 0.05) is 18.4 Å². The van der Waals surface area contributed by atoms with Crippen LogP contribution in [0.4, 0.5) is 13.2 Å². The Morgan fingerprint density at radius 1 is 1.28 bits per heavy atom. The normalized spacial score (nSPS) is 11.7. The monoisotopic (exact) mass is 441 g/mol. The van der Waals surface area contributed by atoms with Crippen LogP contribution in [0.3, 0.4) is 0 Å². The van der Waals surface area contributed by atoms with Crippen LogP contribution in [0.5, 0.6) is 0 Å². The van der Waals surface area contributed by atoms with Gasteiger partial charge in [-0.3, -0.25) is 0 Å². The van der Waals surface area contributed by atoms with Crippen molar-refractivity contribution in [1.29, 1.82) is 0 Å². The number of aromatic nitrogens is 3. The van der Waals surface area contributed by atoms with E-state index in [1.165, 1.54) is 6.07 Å². The summed E-state index contributed by atoms with van der Waals surface area (Å²) in [5.74, 6) is -1.03. The van der Waals surface area contributed by atoms with Gasteiger partial charge in [-0.25, -0.2) is 14.8 Å². The second kappa shape index (κ2) is 8.08. The number of rotatable bonds is 5. The molecular weight excluding hydrogens is 427 g/mol. The number of aryl methyl sites for hydroxylation is 1. The zero-order valence-corrected chi connectivity index (χ0v) is 16.9. The summed E-state index contributed by atoms with van der Waals surface area (Å²) in [4.78, 5) is 19.5. The molecule has 0 atom stereocenters. The van der Waals surface area contributed by atoms with Gasteiger partial charge in [0.1, 0.15) is 5.03 Å². The lowest BCUT2D eigenvalue weighted by Crippen LogP contribution is -2.07. The standard InChI is InChI=1S/C19H15ClF3N3O2S/c1-10-11(2)26(9-12-4-3-5-13(6-12)17(27)28)18(25-10)29-16-15(20)7-14(8-24-16)19(21,22)23/h3-8H,9H2,1-2H3,(H,27,28). The number of hydrogen-bond acceptors (Lipinski definition) is 4. The Morgan fingerprint density at radius 3 is 2.62 bits per heavy atom. The first-order valence-electron chi connectivity index (χ1n) is 8.33. The Hall–Kier alpha value is -2.52. The summed E-state index contributed by atoms with van der Waals surface area (Å²) in [7, 11) is 0. The summed E-state index contributed by atoms with van der Waals surface area (Å²) >= 11 is 7.06. The van der Waals surface area contributed by atoms with E-state index in [9.17, 15) is 18.0 Å². The highest BCUT2D eigenvalue weighted by Gasteiger charge is 2.31. The maximum Gasteiger partial charge on any atom is 0.417 e. The molecule has 0 saturated carbocycles. The second-order valence-corrected chi connectivity index (χ2v) is 7.63. The lowest BCUT2D eigenvalue weighted by molar-refractivity contribution is -0.137. The molecule has 0 bridgehead atoms. The third kappa shape index (κ3) is 4.73. The van der Waals surface area contributed by atoms with Crippen LogP contribution in [0.25, 0.3) is 0 Å². The van der Waals surface area contributed by atoms with Crippen molar-refractivity contribution < 1.29 is 23.1 Å². The quantitative estimate of drug-likeness (QED) is 0.569. The molecule has 5 nitrogen and oxygen atoms in total. The minimum Gasteiger partial charge on any atom is -0.478 e. The molecule has 10 heteroatoms. The van der Waals surface area contributed by atoms with Crippen LogP contribution in [0.15, 0.2) is 46.7 Å². The predicted octanol–water partition coefficient (Wildman–Crippen LogP) is 5.46. The SMILES string of the molecule is Cc1nc(Sc2ncc(C(F)(F)F)cc2Cl)n(Cc2cccc(C(=O)O)c2)c1C. The van der Waals surface area contributed by atoms with Crippen LogP contribution in [-0.4, -0.2) is 25.6 Å². The number of imidazole rings is 1. The Kier molecular flexibility index (Phi) is 5.90. The molecule has 2 heterocycles. The number of nitrogens with zero attached hydrogens (tertiary/aromatic N) is 3. The van der Waals surface area contributed by atoms with Crippen molar-refractivity contribution in [2.75, 3.05) is 0 Å². The number of carbonyl (C=O) groups is 1. The van der Waals surface area contributed by atoms with Gasteiger partial charge in [0.15, 0.2) is 5.16 Å². The molecule has 0 spiro atoms. The van der Waals surface area contributed by atoms with E-state index in [1.807, 2.05) is 18.4 Å². The molecule has 0 fully saturated rings. The van der Waals surface area contributed by atoms with Crippen molar-refractivity contribution in [3.63, 3.8) is 0 Å². The van der Waals surface area contributed by atoms with Crippen molar-refractivity contribution in [3.8, 4) is 0 Å². The molecule has 0 aliphatic heterocycles. The van der Waals surface area contributed by atoms with E-state index in [1.54, 1.807) is 18.2 Å². The van der Waals surface area contributed by atoms with Gasteiger partial charge in [0.2, 0.25) is 0 Å². The maximum absolute atomic E-state index is 12.8. The molecule has 1 N–H and O–H groups in total. The van der Waals surface area contributed by atoms with Crippen LogP contribution >= 0.6 is 23.4 Å². The van der Waals surface area contributed by atoms with Gasteiger partial charge in [-0.15, -0.1) is 0 Å². The van der Waals surface area contributed by atoms with Crippen molar-refractivity contribution >= 4 is 29.3 Å². The van der Waals surface area contributed by atoms with Crippen molar-refractivity contribution in [2.24, 2.45) is 0 Å². The number of carboxylic acid groups (broad SMARTS) is 1. The molecule has 0 unspecified atom stereocenters. The van der Waals surface area contributed by atoms with Gasteiger partial charge < -0.3 is 9.67 Å². The topological polar surface area (TPSA) is 68.0 Å². The van der Waals surface area contributed by atoms with Gasteiger partial charge in [-0.2, -0.15) is 13.2 Å². The van der Waals surface area contributed by atoms with Gasteiger partial charge in [0.05, 0.1) is 21.8 Å². The molecular formula is C19H15ClF3N3O2S. The Balaban J connectivity index is 1.93. The van der Waals surface area contributed by atoms with Crippen molar-refractivity contribution in [2.45, 2.75) is 36.8 Å². The van der Waals surface area contributed by atoms with E-state index in [2.05, 4.69) is 9.97 Å². The number of halogens is 4. The average Bonchev–Trinajstić information content (AvgIpc) is 2.90. The lowest BCUT2D eigenvalue weighted by Gasteiger charge is -2.12. The highest BCUT2D eigenvalue weighted by molar-refractivity contribution is 7.99. The van der Waals surface area contributed by atoms with Crippen LogP contribution < -0.4 is 0 Å². The fraction of sp³-hybridized carbons (Fsp3) is 0.211. The molecule has 3 rings (SSSR count). The number of aromatic carboxylic acids is 1. The van der Waals surface area contributed by atoms with Crippen LogP contribution in [0.2, 0.25) is 5.02 Å². The maximum atomic E-state index is 12.8. The molecule has 2 aromatic heterocycles. The molecule has 1 aromatic carbocycles. The van der Waals surface area contributed by atoms with E-state index in [0.29, 0.717) is 11.7 Å². The molecule has 0 amide bonds. The van der Waals surface area contributed by atoms with Crippen molar-refractivity contribution in [3.05, 3.63) is 69.6 Å².